The van der Waals surface area contributed by atoms with Gasteiger partial charge in [-0.05, 0) is 35.7 Å². The lowest BCUT2D eigenvalue weighted by molar-refractivity contribution is -0.121. The van der Waals surface area contributed by atoms with Crippen LogP contribution in [0.5, 0.6) is 0 Å². The lowest BCUT2D eigenvalue weighted by Crippen LogP contribution is -2.22. The average Bonchev–Trinajstić information content (AvgIpc) is 3.34. The highest BCUT2D eigenvalue weighted by Crippen LogP contribution is 2.23. The molecule has 27 heavy (non-hydrogen) atoms. The van der Waals surface area contributed by atoms with Crippen molar-refractivity contribution in [1.82, 2.24) is 9.88 Å². The first-order valence-electron chi connectivity index (χ1n) is 9.19. The summed E-state index contributed by atoms with van der Waals surface area (Å²) in [5, 5.41) is 4.13. The molecule has 0 aliphatic carbocycles. The van der Waals surface area contributed by atoms with Gasteiger partial charge in [0.25, 0.3) is 0 Å². The molecule has 2 aromatic carbocycles. The van der Waals surface area contributed by atoms with Crippen LogP contribution < -0.4 is 5.32 Å². The number of fused-ring (bicyclic) bond motifs is 1. The molecule has 0 bridgehead atoms. The molecule has 4 nitrogen and oxygen atoms in total. The Kier molecular flexibility index (Phi) is 5.06. The predicted molar refractivity (Wildman–Crippen MR) is 106 cm³/mol. The standard InChI is InChI=1S/C23H22N2O2/c26-23(24-15-20-9-6-14-27-20)13-12-19-17-25(16-18-7-2-1-3-8-18)22-11-5-4-10-21(19)22/h1-11,14,17H,12-13,15-16H2,(H,24,26). The van der Waals surface area contributed by atoms with Gasteiger partial charge < -0.3 is 14.3 Å². The first-order valence-corrected chi connectivity index (χ1v) is 9.19. The molecule has 4 rings (SSSR count). The predicted octanol–water partition coefficient (Wildman–Crippen LogP) is 4.53. The number of rotatable bonds is 7. The van der Waals surface area contributed by atoms with Crippen LogP contribution in [0.3, 0.4) is 0 Å². The molecule has 0 aliphatic heterocycles. The van der Waals surface area contributed by atoms with Crippen LogP contribution in [0.2, 0.25) is 0 Å². The van der Waals surface area contributed by atoms with Gasteiger partial charge in [0.15, 0.2) is 0 Å². The van der Waals surface area contributed by atoms with Crippen molar-refractivity contribution in [3.63, 3.8) is 0 Å². The molecule has 0 unspecified atom stereocenters. The molecule has 0 saturated heterocycles. The SMILES string of the molecule is O=C(CCc1cn(Cc2ccccc2)c2ccccc12)NCc1ccco1. The van der Waals surface area contributed by atoms with E-state index in [0.29, 0.717) is 19.4 Å². The van der Waals surface area contributed by atoms with Gasteiger partial charge in [0.2, 0.25) is 5.91 Å². The average molecular weight is 358 g/mol. The van der Waals surface area contributed by atoms with E-state index in [-0.39, 0.29) is 5.91 Å². The summed E-state index contributed by atoms with van der Waals surface area (Å²) in [5.41, 5.74) is 3.67. The lowest BCUT2D eigenvalue weighted by atomic mass is 10.1. The van der Waals surface area contributed by atoms with E-state index in [0.717, 1.165) is 12.3 Å². The summed E-state index contributed by atoms with van der Waals surface area (Å²) in [6, 6.07) is 22.5. The second kappa shape index (κ2) is 7.96. The van der Waals surface area contributed by atoms with Gasteiger partial charge in [-0.25, -0.2) is 0 Å². The smallest absolute Gasteiger partial charge is 0.220 e. The molecule has 2 aromatic heterocycles. The molecule has 136 valence electrons. The maximum atomic E-state index is 12.2. The van der Waals surface area contributed by atoms with Crippen LogP contribution in [0.25, 0.3) is 10.9 Å². The van der Waals surface area contributed by atoms with Gasteiger partial charge in [0.1, 0.15) is 5.76 Å². The molecule has 0 atom stereocenters. The van der Waals surface area contributed by atoms with E-state index in [9.17, 15) is 4.79 Å². The van der Waals surface area contributed by atoms with Crippen molar-refractivity contribution in [3.05, 3.63) is 96.1 Å². The fourth-order valence-electron chi connectivity index (χ4n) is 3.37. The maximum Gasteiger partial charge on any atom is 0.220 e. The first-order chi connectivity index (χ1) is 13.3. The molecule has 0 fully saturated rings. The minimum Gasteiger partial charge on any atom is -0.467 e. The Hall–Kier alpha value is -3.27. The Balaban J connectivity index is 1.46. The zero-order valence-corrected chi connectivity index (χ0v) is 15.1. The van der Waals surface area contributed by atoms with Crippen molar-refractivity contribution >= 4 is 16.8 Å². The number of amides is 1. The Morgan fingerprint density at radius 1 is 0.963 bits per heavy atom. The van der Waals surface area contributed by atoms with E-state index < -0.39 is 0 Å². The molecule has 0 radical (unpaired) electrons. The molecule has 4 heteroatoms. The number of hydrogen-bond donors (Lipinski definition) is 1. The molecule has 2 heterocycles. The highest BCUT2D eigenvalue weighted by molar-refractivity contribution is 5.85. The van der Waals surface area contributed by atoms with Crippen LogP contribution in [-0.4, -0.2) is 10.5 Å². The number of hydrogen-bond acceptors (Lipinski definition) is 2. The number of nitrogens with zero attached hydrogens (tertiary/aromatic N) is 1. The molecule has 1 amide bonds. The number of para-hydroxylation sites is 1. The summed E-state index contributed by atoms with van der Waals surface area (Å²) in [7, 11) is 0. The molecular weight excluding hydrogens is 336 g/mol. The van der Waals surface area contributed by atoms with Crippen molar-refractivity contribution in [1.29, 1.82) is 0 Å². The largest absolute Gasteiger partial charge is 0.467 e. The van der Waals surface area contributed by atoms with Crippen LogP contribution in [0, 0.1) is 0 Å². The number of aromatic nitrogens is 1. The number of benzene rings is 2. The normalized spacial score (nSPS) is 11.0. The molecule has 4 aromatic rings. The zero-order chi connectivity index (χ0) is 18.5. The first kappa shape index (κ1) is 17.2. The number of furan rings is 1. The Labute approximate surface area is 158 Å². The van der Waals surface area contributed by atoms with Crippen molar-refractivity contribution in [2.75, 3.05) is 0 Å². The Morgan fingerprint density at radius 2 is 1.78 bits per heavy atom. The van der Waals surface area contributed by atoms with Crippen LogP contribution in [-0.2, 0) is 24.3 Å². The molecule has 0 aliphatic rings. The van der Waals surface area contributed by atoms with Gasteiger partial charge in [-0.3, -0.25) is 4.79 Å². The van der Waals surface area contributed by atoms with Gasteiger partial charge in [0.05, 0.1) is 12.8 Å². The van der Waals surface area contributed by atoms with E-state index >= 15 is 0 Å². The zero-order valence-electron chi connectivity index (χ0n) is 15.1. The maximum absolute atomic E-state index is 12.2. The summed E-state index contributed by atoms with van der Waals surface area (Å²) in [6.45, 7) is 1.26. The third kappa shape index (κ3) is 4.11. The van der Waals surface area contributed by atoms with Crippen LogP contribution in [0.15, 0.2) is 83.6 Å². The lowest BCUT2D eigenvalue weighted by Gasteiger charge is -2.05. The van der Waals surface area contributed by atoms with Crippen molar-refractivity contribution < 1.29 is 9.21 Å². The second-order valence-corrected chi connectivity index (χ2v) is 6.64. The van der Waals surface area contributed by atoms with Gasteiger partial charge in [-0.2, -0.15) is 0 Å². The fourth-order valence-corrected chi connectivity index (χ4v) is 3.37. The van der Waals surface area contributed by atoms with Gasteiger partial charge >= 0.3 is 0 Å². The fraction of sp³-hybridized carbons (Fsp3) is 0.174. The van der Waals surface area contributed by atoms with Crippen molar-refractivity contribution in [2.24, 2.45) is 0 Å². The third-order valence-electron chi connectivity index (χ3n) is 4.73. The van der Waals surface area contributed by atoms with E-state index in [4.69, 9.17) is 4.42 Å². The van der Waals surface area contributed by atoms with E-state index in [1.807, 2.05) is 18.2 Å². The summed E-state index contributed by atoms with van der Waals surface area (Å²) in [6.07, 6.45) is 4.97. The summed E-state index contributed by atoms with van der Waals surface area (Å²) in [4.78, 5) is 12.2. The van der Waals surface area contributed by atoms with Gasteiger partial charge in [0, 0.05) is 30.1 Å². The quantitative estimate of drug-likeness (QED) is 0.527. The van der Waals surface area contributed by atoms with E-state index in [2.05, 4.69) is 64.6 Å². The number of carbonyl (C=O) groups is 1. The van der Waals surface area contributed by atoms with Crippen LogP contribution >= 0.6 is 0 Å². The molecule has 0 spiro atoms. The molecule has 1 N–H and O–H groups in total. The number of nitrogens with one attached hydrogen (secondary N) is 1. The van der Waals surface area contributed by atoms with Crippen molar-refractivity contribution in [3.8, 4) is 0 Å². The number of carbonyl (C=O) groups excluding carboxylic acids is 1. The molecular formula is C23H22N2O2. The Morgan fingerprint density at radius 3 is 2.59 bits per heavy atom. The third-order valence-corrected chi connectivity index (χ3v) is 4.73. The highest BCUT2D eigenvalue weighted by Gasteiger charge is 2.10. The van der Waals surface area contributed by atoms with Crippen LogP contribution in [0.1, 0.15) is 23.3 Å². The Bertz CT molecular complexity index is 1020. The topological polar surface area (TPSA) is 47.2 Å². The summed E-state index contributed by atoms with van der Waals surface area (Å²) >= 11 is 0. The minimum absolute atomic E-state index is 0.0336. The van der Waals surface area contributed by atoms with Gasteiger partial charge in [-0.15, -0.1) is 0 Å². The summed E-state index contributed by atoms with van der Waals surface area (Å²) in [5.74, 6) is 0.800. The second-order valence-electron chi connectivity index (χ2n) is 6.64. The highest BCUT2D eigenvalue weighted by atomic mass is 16.3. The van der Waals surface area contributed by atoms with Crippen molar-refractivity contribution in [2.45, 2.75) is 25.9 Å². The van der Waals surface area contributed by atoms with E-state index in [1.165, 1.54) is 22.0 Å². The number of aryl methyl sites for hydroxylation is 1. The van der Waals surface area contributed by atoms with Gasteiger partial charge in [-0.1, -0.05) is 48.5 Å². The monoisotopic (exact) mass is 358 g/mol. The van der Waals surface area contributed by atoms with Crippen LogP contribution in [0.4, 0.5) is 0 Å². The molecule has 0 saturated carbocycles. The minimum atomic E-state index is 0.0336. The van der Waals surface area contributed by atoms with E-state index in [1.54, 1.807) is 6.26 Å². The summed E-state index contributed by atoms with van der Waals surface area (Å²) < 4.78 is 7.51.